The summed E-state index contributed by atoms with van der Waals surface area (Å²) in [6.07, 6.45) is 1.46. The Labute approximate surface area is 206 Å². The molecule has 0 radical (unpaired) electrons. The number of sulfonamides is 1. The third-order valence-electron chi connectivity index (χ3n) is 6.51. The topological polar surface area (TPSA) is 68.3 Å². The number of hydrogen-bond acceptors (Lipinski definition) is 6. The highest BCUT2D eigenvalue weighted by Crippen LogP contribution is 2.34. The molecule has 2 aliphatic heterocycles. The maximum Gasteiger partial charge on any atom is 0.264 e. The van der Waals surface area contributed by atoms with Crippen LogP contribution in [0.2, 0.25) is 0 Å². The summed E-state index contributed by atoms with van der Waals surface area (Å²) >= 11 is 0. The third kappa shape index (κ3) is 5.09. The molecule has 0 bridgehead atoms. The summed E-state index contributed by atoms with van der Waals surface area (Å²) in [6.45, 7) is 3.52. The number of rotatable bonds is 7. The van der Waals surface area contributed by atoms with Crippen LogP contribution in [0.25, 0.3) is 0 Å². The van der Waals surface area contributed by atoms with Gasteiger partial charge in [-0.15, -0.1) is 0 Å². The fraction of sp³-hybridized carbons (Fsp3) is 0.333. The summed E-state index contributed by atoms with van der Waals surface area (Å²) in [5.74, 6) is 2.22. The van der Waals surface area contributed by atoms with Crippen molar-refractivity contribution in [1.82, 2.24) is 4.90 Å². The molecule has 35 heavy (non-hydrogen) atoms. The fourth-order valence-electron chi connectivity index (χ4n) is 4.76. The molecular formula is C27H30N2O5S. The second kappa shape index (κ2) is 10.2. The van der Waals surface area contributed by atoms with Crippen molar-refractivity contribution in [2.75, 3.05) is 37.7 Å². The molecule has 0 atom stereocenters. The first kappa shape index (κ1) is 23.5. The molecule has 2 aliphatic rings. The lowest BCUT2D eigenvalue weighted by Crippen LogP contribution is -2.47. The third-order valence-corrected chi connectivity index (χ3v) is 8.40. The molecule has 0 saturated carbocycles. The molecule has 3 aromatic rings. The Bertz CT molecular complexity index is 1260. The first-order chi connectivity index (χ1) is 17.0. The van der Waals surface area contributed by atoms with E-state index in [0.717, 1.165) is 49.5 Å². The number of piperidine rings is 1. The van der Waals surface area contributed by atoms with E-state index in [0.29, 0.717) is 29.5 Å². The maximum atomic E-state index is 13.8. The summed E-state index contributed by atoms with van der Waals surface area (Å²) in [5, 5.41) is 0. The second-order valence-electron chi connectivity index (χ2n) is 8.80. The molecule has 1 saturated heterocycles. The fourth-order valence-corrected chi connectivity index (χ4v) is 6.48. The van der Waals surface area contributed by atoms with E-state index in [2.05, 4.69) is 11.0 Å². The van der Waals surface area contributed by atoms with Crippen LogP contribution < -0.4 is 18.5 Å². The van der Waals surface area contributed by atoms with Gasteiger partial charge >= 0.3 is 0 Å². The molecule has 0 amide bonds. The van der Waals surface area contributed by atoms with Crippen LogP contribution in [0.5, 0.6) is 17.2 Å². The number of benzene rings is 3. The van der Waals surface area contributed by atoms with Crippen LogP contribution in [-0.4, -0.2) is 52.8 Å². The smallest absolute Gasteiger partial charge is 0.264 e. The normalized spacial score (nSPS) is 16.6. The minimum Gasteiger partial charge on any atom is -0.497 e. The van der Waals surface area contributed by atoms with Gasteiger partial charge in [0.15, 0.2) is 11.5 Å². The second-order valence-corrected chi connectivity index (χ2v) is 10.6. The molecule has 5 rings (SSSR count). The van der Waals surface area contributed by atoms with Crippen LogP contribution in [-0.2, 0) is 16.6 Å². The number of anilines is 1. The van der Waals surface area contributed by atoms with Crippen molar-refractivity contribution < 1.29 is 22.6 Å². The van der Waals surface area contributed by atoms with Crippen LogP contribution in [0.3, 0.4) is 0 Å². The zero-order valence-electron chi connectivity index (χ0n) is 19.8. The number of hydrogen-bond donors (Lipinski definition) is 0. The van der Waals surface area contributed by atoms with Crippen molar-refractivity contribution in [3.63, 3.8) is 0 Å². The lowest BCUT2D eigenvalue weighted by atomic mass is 10.0. The first-order valence-electron chi connectivity index (χ1n) is 11.9. The highest BCUT2D eigenvalue weighted by Gasteiger charge is 2.34. The van der Waals surface area contributed by atoms with E-state index in [4.69, 9.17) is 14.2 Å². The molecule has 2 heterocycles. The van der Waals surface area contributed by atoms with Crippen molar-refractivity contribution in [3.8, 4) is 17.2 Å². The molecule has 3 aromatic carbocycles. The Morgan fingerprint density at radius 1 is 0.914 bits per heavy atom. The molecule has 0 aliphatic carbocycles. The van der Waals surface area contributed by atoms with Crippen LogP contribution >= 0.6 is 0 Å². The number of likely N-dealkylation sites (tertiary alicyclic amines) is 1. The maximum absolute atomic E-state index is 13.8. The Hall–Kier alpha value is -3.23. The minimum atomic E-state index is -3.74. The van der Waals surface area contributed by atoms with Gasteiger partial charge in [0.1, 0.15) is 19.0 Å². The predicted molar refractivity (Wildman–Crippen MR) is 135 cm³/mol. The first-order valence-corrected chi connectivity index (χ1v) is 13.3. The van der Waals surface area contributed by atoms with E-state index in [1.807, 2.05) is 36.4 Å². The van der Waals surface area contributed by atoms with E-state index in [1.165, 1.54) is 0 Å². The van der Waals surface area contributed by atoms with Crippen LogP contribution in [0.4, 0.5) is 5.69 Å². The van der Waals surface area contributed by atoms with Gasteiger partial charge in [0.05, 0.1) is 17.7 Å². The Morgan fingerprint density at radius 3 is 2.40 bits per heavy atom. The van der Waals surface area contributed by atoms with Crippen LogP contribution in [0.15, 0.2) is 77.7 Å². The van der Waals surface area contributed by atoms with Gasteiger partial charge in [-0.2, -0.15) is 0 Å². The van der Waals surface area contributed by atoms with E-state index in [9.17, 15) is 8.42 Å². The van der Waals surface area contributed by atoms with Gasteiger partial charge in [0.25, 0.3) is 10.0 Å². The molecule has 184 valence electrons. The average molecular weight is 495 g/mol. The standard InChI is InChI=1S/C27H30N2O5S/c1-32-24-7-5-6-23(19-24)29(35(30,31)25-8-3-2-4-9-25)22-12-14-28(15-13-22)20-21-10-11-26-27(18-21)34-17-16-33-26/h2-11,18-19,22H,12-17,20H2,1H3. The molecule has 1 fully saturated rings. The van der Waals surface area contributed by atoms with Crippen molar-refractivity contribution in [2.24, 2.45) is 0 Å². The van der Waals surface area contributed by atoms with Crippen molar-refractivity contribution in [3.05, 3.63) is 78.4 Å². The number of nitrogens with zero attached hydrogens (tertiary/aromatic N) is 2. The van der Waals surface area contributed by atoms with Gasteiger partial charge < -0.3 is 14.2 Å². The summed E-state index contributed by atoms with van der Waals surface area (Å²) in [5.41, 5.74) is 1.78. The SMILES string of the molecule is COc1cccc(N(C2CCN(Cc3ccc4c(c3)OCCO4)CC2)S(=O)(=O)c2ccccc2)c1. The van der Waals surface area contributed by atoms with E-state index in [-0.39, 0.29) is 6.04 Å². The zero-order valence-corrected chi connectivity index (χ0v) is 20.6. The van der Waals surface area contributed by atoms with Gasteiger partial charge in [0, 0.05) is 31.7 Å². The number of methoxy groups -OCH3 is 1. The lowest BCUT2D eigenvalue weighted by molar-refractivity contribution is 0.170. The Morgan fingerprint density at radius 2 is 1.66 bits per heavy atom. The summed E-state index contributed by atoms with van der Waals surface area (Å²) in [4.78, 5) is 2.65. The molecular weight excluding hydrogens is 464 g/mol. The largest absolute Gasteiger partial charge is 0.497 e. The van der Waals surface area contributed by atoms with Gasteiger partial charge in [-0.05, 0) is 54.8 Å². The summed E-state index contributed by atoms with van der Waals surface area (Å²) in [7, 11) is -2.15. The van der Waals surface area contributed by atoms with Crippen molar-refractivity contribution >= 4 is 15.7 Å². The molecule has 0 N–H and O–H groups in total. The molecule has 0 aromatic heterocycles. The molecule has 0 unspecified atom stereocenters. The zero-order chi connectivity index (χ0) is 24.3. The minimum absolute atomic E-state index is 0.149. The van der Waals surface area contributed by atoms with Crippen LogP contribution in [0.1, 0.15) is 18.4 Å². The van der Waals surface area contributed by atoms with Crippen LogP contribution in [0, 0.1) is 0 Å². The number of ether oxygens (including phenoxy) is 3. The van der Waals surface area contributed by atoms with E-state index in [1.54, 1.807) is 41.7 Å². The lowest BCUT2D eigenvalue weighted by Gasteiger charge is -2.39. The van der Waals surface area contributed by atoms with Gasteiger partial charge in [-0.1, -0.05) is 30.3 Å². The highest BCUT2D eigenvalue weighted by atomic mass is 32.2. The quantitative estimate of drug-likeness (QED) is 0.487. The molecule has 0 spiro atoms. The molecule has 8 heteroatoms. The Balaban J connectivity index is 1.35. The summed E-state index contributed by atoms with van der Waals surface area (Å²) in [6, 6.07) is 21.9. The van der Waals surface area contributed by atoms with Crippen molar-refractivity contribution in [1.29, 1.82) is 0 Å². The van der Waals surface area contributed by atoms with E-state index < -0.39 is 10.0 Å². The highest BCUT2D eigenvalue weighted by molar-refractivity contribution is 7.92. The number of fused-ring (bicyclic) bond motifs is 1. The monoisotopic (exact) mass is 494 g/mol. The van der Waals surface area contributed by atoms with Gasteiger partial charge in [-0.3, -0.25) is 9.21 Å². The Kier molecular flexibility index (Phi) is 6.83. The van der Waals surface area contributed by atoms with Crippen molar-refractivity contribution in [2.45, 2.75) is 30.3 Å². The van der Waals surface area contributed by atoms with E-state index >= 15 is 0 Å². The van der Waals surface area contributed by atoms with Gasteiger partial charge in [0.2, 0.25) is 0 Å². The molecule has 7 nitrogen and oxygen atoms in total. The predicted octanol–water partition coefficient (Wildman–Crippen LogP) is 4.33. The summed E-state index contributed by atoms with van der Waals surface area (Å²) < 4.78 is 45.9. The van der Waals surface area contributed by atoms with Gasteiger partial charge in [-0.25, -0.2) is 8.42 Å². The average Bonchev–Trinajstić information content (AvgIpc) is 2.90.